The number of benzene rings is 1. The van der Waals surface area contributed by atoms with Crippen molar-refractivity contribution in [2.45, 2.75) is 26.8 Å². The number of amides is 1. The molecule has 8 heteroatoms. The van der Waals surface area contributed by atoms with Gasteiger partial charge in [0.15, 0.2) is 5.75 Å². The number of phenols is 1. The fraction of sp³-hybridized carbons (Fsp3) is 0.267. The standard InChI is InChI=1S/C15H16Cl2N4O2/c1-3-14(22)20(13-5-6-19-21(13)4-2)9-18-12-8-10(16)7-11(17)15(12)23/h5-9,23H,3-4H2,1-2H3. The lowest BCUT2D eigenvalue weighted by Gasteiger charge is -2.17. The monoisotopic (exact) mass is 354 g/mol. The molecule has 0 saturated carbocycles. The highest BCUT2D eigenvalue weighted by atomic mass is 35.5. The number of rotatable bonds is 5. The van der Waals surface area contributed by atoms with Gasteiger partial charge in [-0.2, -0.15) is 5.10 Å². The fourth-order valence-corrected chi connectivity index (χ4v) is 2.45. The van der Waals surface area contributed by atoms with E-state index in [1.807, 2.05) is 6.92 Å². The van der Waals surface area contributed by atoms with E-state index < -0.39 is 0 Å². The van der Waals surface area contributed by atoms with E-state index in [2.05, 4.69) is 10.1 Å². The summed E-state index contributed by atoms with van der Waals surface area (Å²) in [4.78, 5) is 17.7. The lowest BCUT2D eigenvalue weighted by Crippen LogP contribution is -2.30. The largest absolute Gasteiger partial charge is 0.504 e. The van der Waals surface area contributed by atoms with Crippen LogP contribution < -0.4 is 4.90 Å². The molecule has 0 fully saturated rings. The van der Waals surface area contributed by atoms with Crippen LogP contribution in [0.25, 0.3) is 0 Å². The Morgan fingerprint density at radius 2 is 2.17 bits per heavy atom. The Bertz CT molecular complexity index is 743. The van der Waals surface area contributed by atoms with Crippen LogP contribution in [-0.2, 0) is 11.3 Å². The van der Waals surface area contributed by atoms with Gasteiger partial charge < -0.3 is 5.11 Å². The average Bonchev–Trinajstić information content (AvgIpc) is 3.00. The van der Waals surface area contributed by atoms with Crippen LogP contribution in [0.15, 0.2) is 29.4 Å². The summed E-state index contributed by atoms with van der Waals surface area (Å²) in [5.41, 5.74) is 0.180. The SMILES string of the molecule is CCC(=O)N(C=Nc1cc(Cl)cc(Cl)c1O)c1ccnn1CC. The van der Waals surface area contributed by atoms with Gasteiger partial charge in [-0.05, 0) is 19.1 Å². The number of carbonyl (C=O) groups is 1. The van der Waals surface area contributed by atoms with Crippen molar-refractivity contribution in [3.05, 3.63) is 34.4 Å². The average molecular weight is 355 g/mol. The van der Waals surface area contributed by atoms with Crippen molar-refractivity contribution in [3.8, 4) is 5.75 Å². The van der Waals surface area contributed by atoms with Crippen molar-refractivity contribution >= 4 is 47.0 Å². The highest BCUT2D eigenvalue weighted by Gasteiger charge is 2.16. The van der Waals surface area contributed by atoms with Crippen molar-refractivity contribution in [1.82, 2.24) is 9.78 Å². The molecule has 0 bridgehead atoms. The molecule has 1 aromatic carbocycles. The molecule has 1 aromatic heterocycles. The topological polar surface area (TPSA) is 70.7 Å². The summed E-state index contributed by atoms with van der Waals surface area (Å²) in [5, 5.41) is 14.5. The normalized spacial score (nSPS) is 11.1. The third-order valence-electron chi connectivity index (χ3n) is 3.13. The highest BCUT2D eigenvalue weighted by molar-refractivity contribution is 6.36. The van der Waals surface area contributed by atoms with Crippen LogP contribution in [0, 0.1) is 0 Å². The van der Waals surface area contributed by atoms with E-state index in [0.29, 0.717) is 23.8 Å². The third kappa shape index (κ3) is 3.83. The van der Waals surface area contributed by atoms with Crippen LogP contribution in [-0.4, -0.2) is 27.1 Å². The second-order valence-electron chi connectivity index (χ2n) is 4.62. The molecule has 0 unspecified atom stereocenters. The number of anilines is 1. The van der Waals surface area contributed by atoms with Crippen molar-refractivity contribution in [2.24, 2.45) is 4.99 Å². The predicted molar refractivity (Wildman–Crippen MR) is 92.0 cm³/mol. The molecule has 1 amide bonds. The third-order valence-corrected chi connectivity index (χ3v) is 3.64. The Labute approximate surface area is 144 Å². The number of halogens is 2. The molecule has 0 atom stereocenters. The first kappa shape index (κ1) is 17.3. The number of hydrogen-bond acceptors (Lipinski definition) is 4. The Kier molecular flexibility index (Phi) is 5.63. The second kappa shape index (κ2) is 7.48. The molecule has 1 N–H and O–H groups in total. The first-order chi connectivity index (χ1) is 11.0. The van der Waals surface area contributed by atoms with E-state index in [-0.39, 0.29) is 22.4 Å². The molecule has 6 nitrogen and oxygen atoms in total. The number of carbonyl (C=O) groups excluding carboxylic acids is 1. The lowest BCUT2D eigenvalue weighted by molar-refractivity contribution is -0.117. The Morgan fingerprint density at radius 1 is 1.43 bits per heavy atom. The van der Waals surface area contributed by atoms with Crippen LogP contribution in [0.2, 0.25) is 10.0 Å². The summed E-state index contributed by atoms with van der Waals surface area (Å²) in [7, 11) is 0. The minimum Gasteiger partial charge on any atom is -0.504 e. The first-order valence-electron chi connectivity index (χ1n) is 7.04. The number of aromatic nitrogens is 2. The molecular weight excluding hydrogens is 339 g/mol. The number of aryl methyl sites for hydroxylation is 1. The van der Waals surface area contributed by atoms with Gasteiger partial charge in [-0.15, -0.1) is 0 Å². The summed E-state index contributed by atoms with van der Waals surface area (Å²) < 4.78 is 1.67. The molecule has 0 radical (unpaired) electrons. The minimum atomic E-state index is -0.194. The second-order valence-corrected chi connectivity index (χ2v) is 5.47. The van der Waals surface area contributed by atoms with Crippen molar-refractivity contribution in [2.75, 3.05) is 4.90 Å². The van der Waals surface area contributed by atoms with Crippen molar-refractivity contribution < 1.29 is 9.90 Å². The Hall–Kier alpha value is -2.05. The number of aromatic hydroxyl groups is 1. The van der Waals surface area contributed by atoms with Gasteiger partial charge in [0.2, 0.25) is 5.91 Å². The van der Waals surface area contributed by atoms with E-state index in [0.717, 1.165) is 0 Å². The van der Waals surface area contributed by atoms with Gasteiger partial charge in [-0.3, -0.25) is 9.69 Å². The van der Waals surface area contributed by atoms with Crippen LogP contribution >= 0.6 is 23.2 Å². The summed E-state index contributed by atoms with van der Waals surface area (Å²) in [5.74, 6) is 0.243. The van der Waals surface area contributed by atoms with Gasteiger partial charge in [0.25, 0.3) is 0 Å². The molecule has 122 valence electrons. The predicted octanol–water partition coefficient (Wildman–Crippen LogP) is 4.02. The maximum Gasteiger partial charge on any atom is 0.233 e. The molecule has 2 rings (SSSR count). The van der Waals surface area contributed by atoms with E-state index in [1.54, 1.807) is 23.9 Å². The number of nitrogens with zero attached hydrogens (tertiary/aromatic N) is 4. The van der Waals surface area contributed by atoms with Gasteiger partial charge in [0.1, 0.15) is 17.8 Å². The number of aliphatic imine (C=N–C) groups is 1. The highest BCUT2D eigenvalue weighted by Crippen LogP contribution is 2.36. The van der Waals surface area contributed by atoms with E-state index in [9.17, 15) is 9.90 Å². The van der Waals surface area contributed by atoms with Gasteiger partial charge >= 0.3 is 0 Å². The van der Waals surface area contributed by atoms with Gasteiger partial charge in [-0.1, -0.05) is 30.1 Å². The lowest BCUT2D eigenvalue weighted by atomic mass is 10.3. The summed E-state index contributed by atoms with van der Waals surface area (Å²) in [6, 6.07) is 4.59. The Morgan fingerprint density at radius 3 is 2.83 bits per heavy atom. The molecule has 0 aliphatic heterocycles. The van der Waals surface area contributed by atoms with E-state index in [4.69, 9.17) is 23.2 Å². The van der Waals surface area contributed by atoms with Crippen molar-refractivity contribution in [3.63, 3.8) is 0 Å². The number of phenolic OH excluding ortho intramolecular Hbond substituents is 1. The molecule has 0 aliphatic rings. The summed E-state index contributed by atoms with van der Waals surface area (Å²) in [6.07, 6.45) is 3.23. The molecule has 23 heavy (non-hydrogen) atoms. The molecule has 0 aliphatic carbocycles. The van der Waals surface area contributed by atoms with E-state index >= 15 is 0 Å². The minimum absolute atomic E-state index is 0.0941. The Balaban J connectivity index is 2.41. The van der Waals surface area contributed by atoms with Crippen LogP contribution in [0.5, 0.6) is 5.75 Å². The quantitative estimate of drug-likeness (QED) is 0.651. The van der Waals surface area contributed by atoms with Crippen LogP contribution in [0.4, 0.5) is 11.5 Å². The van der Waals surface area contributed by atoms with Gasteiger partial charge in [0.05, 0.1) is 11.2 Å². The number of hydrogen-bond donors (Lipinski definition) is 1. The van der Waals surface area contributed by atoms with E-state index in [1.165, 1.54) is 23.4 Å². The van der Waals surface area contributed by atoms with Crippen molar-refractivity contribution in [1.29, 1.82) is 0 Å². The molecule has 2 aromatic rings. The maximum atomic E-state index is 12.2. The zero-order valence-electron chi connectivity index (χ0n) is 12.7. The summed E-state index contributed by atoms with van der Waals surface area (Å²) >= 11 is 11.8. The molecule has 0 spiro atoms. The molecular formula is C15H16Cl2N4O2. The maximum absolute atomic E-state index is 12.2. The smallest absolute Gasteiger partial charge is 0.233 e. The van der Waals surface area contributed by atoms with Gasteiger partial charge in [0, 0.05) is 24.1 Å². The van der Waals surface area contributed by atoms with Gasteiger partial charge in [-0.25, -0.2) is 9.67 Å². The van der Waals surface area contributed by atoms with Crippen LogP contribution in [0.3, 0.4) is 0 Å². The zero-order valence-corrected chi connectivity index (χ0v) is 14.2. The molecule has 1 heterocycles. The zero-order chi connectivity index (χ0) is 17.0. The van der Waals surface area contributed by atoms with Crippen LogP contribution in [0.1, 0.15) is 20.3 Å². The first-order valence-corrected chi connectivity index (χ1v) is 7.79. The fourth-order valence-electron chi connectivity index (χ4n) is 1.97. The molecule has 0 saturated heterocycles. The summed E-state index contributed by atoms with van der Waals surface area (Å²) in [6.45, 7) is 4.28.